The van der Waals surface area contributed by atoms with Crippen molar-refractivity contribution in [3.05, 3.63) is 95.1 Å². The van der Waals surface area contributed by atoms with Crippen LogP contribution in [-0.2, 0) is 6.54 Å². The van der Waals surface area contributed by atoms with Gasteiger partial charge in [-0.3, -0.25) is 14.6 Å². The molecule has 176 valence electrons. The fourth-order valence-electron chi connectivity index (χ4n) is 4.33. The summed E-state index contributed by atoms with van der Waals surface area (Å²) in [6.45, 7) is 7.79. The lowest BCUT2D eigenvalue weighted by Crippen LogP contribution is -2.48. The fraction of sp³-hybridized carbons (Fsp3) is 0.357. The van der Waals surface area contributed by atoms with Gasteiger partial charge in [0.15, 0.2) is 0 Å². The van der Waals surface area contributed by atoms with Crippen molar-refractivity contribution in [3.63, 3.8) is 0 Å². The highest BCUT2D eigenvalue weighted by molar-refractivity contribution is 5.94. The number of hydrogen-bond donors (Lipinski definition) is 0. The molecule has 0 bridgehead atoms. The first-order chi connectivity index (χ1) is 16.4. The number of nitrogens with zero attached hydrogens (tertiary/aromatic N) is 4. The summed E-state index contributed by atoms with van der Waals surface area (Å²) in [5, 5.41) is 0. The van der Waals surface area contributed by atoms with Crippen LogP contribution in [0.25, 0.3) is 0 Å². The van der Waals surface area contributed by atoms with Gasteiger partial charge in [-0.25, -0.2) is 4.98 Å². The second kappa shape index (κ2) is 10.6. The van der Waals surface area contributed by atoms with Gasteiger partial charge in [0, 0.05) is 36.6 Å². The predicted octanol–water partition coefficient (Wildman–Crippen LogP) is 4.86. The Morgan fingerprint density at radius 3 is 2.38 bits per heavy atom. The van der Waals surface area contributed by atoms with Crippen molar-refractivity contribution in [2.24, 2.45) is 0 Å². The van der Waals surface area contributed by atoms with Crippen LogP contribution in [0.3, 0.4) is 0 Å². The third-order valence-corrected chi connectivity index (χ3v) is 6.39. The molecule has 4 rings (SSSR count). The van der Waals surface area contributed by atoms with E-state index in [1.165, 1.54) is 0 Å². The summed E-state index contributed by atoms with van der Waals surface area (Å²) in [7, 11) is 0. The maximum Gasteiger partial charge on any atom is 0.272 e. The normalized spacial score (nSPS) is 14.3. The molecule has 0 aliphatic carbocycles. The van der Waals surface area contributed by atoms with Gasteiger partial charge in [-0.05, 0) is 62.1 Å². The molecule has 0 atom stereocenters. The van der Waals surface area contributed by atoms with E-state index >= 15 is 0 Å². The Labute approximate surface area is 201 Å². The standard InChI is InChI=1S/C28H32N4O2/c1-20(2)25-8-6-9-26(30-25)28(34)31-17-14-24(15-18-31)32(19-23-7-4-5-16-29-23)27(33)22-12-10-21(3)11-13-22/h4-13,16,20,24H,14-15,17-19H2,1-3H3. The number of piperidine rings is 1. The summed E-state index contributed by atoms with van der Waals surface area (Å²) in [5.74, 6) is 0.232. The number of carbonyl (C=O) groups is 2. The summed E-state index contributed by atoms with van der Waals surface area (Å²) in [6.07, 6.45) is 3.20. The van der Waals surface area contributed by atoms with Crippen LogP contribution < -0.4 is 0 Å². The van der Waals surface area contributed by atoms with E-state index in [4.69, 9.17) is 0 Å². The quantitative estimate of drug-likeness (QED) is 0.532. The van der Waals surface area contributed by atoms with Gasteiger partial charge < -0.3 is 9.80 Å². The Balaban J connectivity index is 1.49. The zero-order valence-corrected chi connectivity index (χ0v) is 20.1. The molecule has 2 amide bonds. The summed E-state index contributed by atoms with van der Waals surface area (Å²) in [5.41, 5.74) is 4.07. The smallest absolute Gasteiger partial charge is 0.272 e. The number of hydrogen-bond acceptors (Lipinski definition) is 4. The molecule has 0 N–H and O–H groups in total. The van der Waals surface area contributed by atoms with E-state index in [2.05, 4.69) is 23.8 Å². The number of aryl methyl sites for hydroxylation is 1. The Bertz CT molecular complexity index is 1120. The number of likely N-dealkylation sites (tertiary alicyclic amines) is 1. The van der Waals surface area contributed by atoms with Crippen LogP contribution in [0.1, 0.15) is 70.4 Å². The maximum atomic E-state index is 13.5. The number of rotatable bonds is 6. The van der Waals surface area contributed by atoms with Crippen LogP contribution in [0, 0.1) is 6.92 Å². The molecule has 3 heterocycles. The molecule has 1 aliphatic heterocycles. The molecule has 2 aromatic heterocycles. The third kappa shape index (κ3) is 5.50. The lowest BCUT2D eigenvalue weighted by atomic mass is 10.0. The van der Waals surface area contributed by atoms with E-state index < -0.39 is 0 Å². The van der Waals surface area contributed by atoms with Gasteiger partial charge in [-0.15, -0.1) is 0 Å². The van der Waals surface area contributed by atoms with Crippen molar-refractivity contribution in [1.82, 2.24) is 19.8 Å². The number of benzene rings is 1. The lowest BCUT2D eigenvalue weighted by molar-refractivity contribution is 0.0496. The first-order valence-corrected chi connectivity index (χ1v) is 12.0. The molecular weight excluding hydrogens is 424 g/mol. The molecule has 0 unspecified atom stereocenters. The lowest BCUT2D eigenvalue weighted by Gasteiger charge is -2.38. The average molecular weight is 457 g/mol. The van der Waals surface area contributed by atoms with Gasteiger partial charge in [0.2, 0.25) is 0 Å². The van der Waals surface area contributed by atoms with E-state index in [9.17, 15) is 9.59 Å². The van der Waals surface area contributed by atoms with Crippen LogP contribution in [0.2, 0.25) is 0 Å². The first-order valence-electron chi connectivity index (χ1n) is 12.0. The average Bonchev–Trinajstić information content (AvgIpc) is 2.88. The van der Waals surface area contributed by atoms with Crippen LogP contribution in [-0.4, -0.2) is 50.7 Å². The number of carbonyl (C=O) groups excluding carboxylic acids is 2. The zero-order valence-electron chi connectivity index (χ0n) is 20.1. The van der Waals surface area contributed by atoms with E-state index in [0.717, 1.165) is 29.8 Å². The van der Waals surface area contributed by atoms with Crippen molar-refractivity contribution in [2.75, 3.05) is 13.1 Å². The van der Waals surface area contributed by atoms with Gasteiger partial charge >= 0.3 is 0 Å². The van der Waals surface area contributed by atoms with Crippen LogP contribution in [0.4, 0.5) is 0 Å². The fourth-order valence-corrected chi connectivity index (χ4v) is 4.33. The van der Waals surface area contributed by atoms with Crippen molar-refractivity contribution in [3.8, 4) is 0 Å². The van der Waals surface area contributed by atoms with Crippen molar-refractivity contribution in [2.45, 2.75) is 52.1 Å². The summed E-state index contributed by atoms with van der Waals surface area (Å²) in [6, 6.07) is 19.1. The molecule has 1 fully saturated rings. The summed E-state index contributed by atoms with van der Waals surface area (Å²) in [4.78, 5) is 39.4. The first kappa shape index (κ1) is 23.6. The highest BCUT2D eigenvalue weighted by Gasteiger charge is 2.31. The minimum atomic E-state index is -0.0397. The number of aromatic nitrogens is 2. The third-order valence-electron chi connectivity index (χ3n) is 6.39. The molecule has 0 spiro atoms. The molecule has 1 saturated heterocycles. The molecular formula is C28H32N4O2. The molecule has 0 saturated carbocycles. The second-order valence-electron chi connectivity index (χ2n) is 9.25. The maximum absolute atomic E-state index is 13.5. The molecule has 34 heavy (non-hydrogen) atoms. The Hall–Kier alpha value is -3.54. The van der Waals surface area contributed by atoms with Crippen LogP contribution in [0.15, 0.2) is 66.9 Å². The van der Waals surface area contributed by atoms with Gasteiger partial charge in [0.25, 0.3) is 11.8 Å². The van der Waals surface area contributed by atoms with E-state index in [0.29, 0.717) is 30.9 Å². The van der Waals surface area contributed by atoms with E-state index in [1.807, 2.05) is 71.3 Å². The van der Waals surface area contributed by atoms with Gasteiger partial charge in [0.1, 0.15) is 5.69 Å². The monoisotopic (exact) mass is 456 g/mol. The largest absolute Gasteiger partial charge is 0.337 e. The van der Waals surface area contributed by atoms with Crippen LogP contribution in [0.5, 0.6) is 0 Å². The topological polar surface area (TPSA) is 66.4 Å². The summed E-state index contributed by atoms with van der Waals surface area (Å²) < 4.78 is 0. The minimum Gasteiger partial charge on any atom is -0.337 e. The molecule has 0 radical (unpaired) electrons. The van der Waals surface area contributed by atoms with Gasteiger partial charge in [0.05, 0.1) is 12.2 Å². The number of amides is 2. The molecule has 1 aromatic carbocycles. The molecule has 1 aliphatic rings. The molecule has 6 nitrogen and oxygen atoms in total. The SMILES string of the molecule is Cc1ccc(C(=O)N(Cc2ccccn2)C2CCN(C(=O)c3cccc(C(C)C)n3)CC2)cc1. The minimum absolute atomic E-state index is 0.00160. The van der Waals surface area contributed by atoms with Crippen molar-refractivity contribution >= 4 is 11.8 Å². The van der Waals surface area contributed by atoms with Crippen LogP contribution >= 0.6 is 0 Å². The summed E-state index contributed by atoms with van der Waals surface area (Å²) >= 11 is 0. The Kier molecular flexibility index (Phi) is 7.36. The number of pyridine rings is 2. The highest BCUT2D eigenvalue weighted by atomic mass is 16.2. The van der Waals surface area contributed by atoms with Gasteiger partial charge in [-0.2, -0.15) is 0 Å². The van der Waals surface area contributed by atoms with Crippen molar-refractivity contribution in [1.29, 1.82) is 0 Å². The predicted molar refractivity (Wildman–Crippen MR) is 133 cm³/mol. The highest BCUT2D eigenvalue weighted by Crippen LogP contribution is 2.23. The van der Waals surface area contributed by atoms with Gasteiger partial charge in [-0.1, -0.05) is 43.7 Å². The molecule has 6 heteroatoms. The zero-order chi connectivity index (χ0) is 24.1. The second-order valence-corrected chi connectivity index (χ2v) is 9.25. The van der Waals surface area contributed by atoms with E-state index in [1.54, 1.807) is 12.3 Å². The molecule has 3 aromatic rings. The van der Waals surface area contributed by atoms with E-state index in [-0.39, 0.29) is 23.8 Å². The Morgan fingerprint density at radius 2 is 1.74 bits per heavy atom. The van der Waals surface area contributed by atoms with Crippen molar-refractivity contribution < 1.29 is 9.59 Å². The Morgan fingerprint density at radius 1 is 1.00 bits per heavy atom.